The first-order valence-corrected chi connectivity index (χ1v) is 6.79. The predicted octanol–water partition coefficient (Wildman–Crippen LogP) is 1.68. The molecule has 0 N–H and O–H groups in total. The summed E-state index contributed by atoms with van der Waals surface area (Å²) in [5.74, 6) is 0.458. The van der Waals surface area contributed by atoms with Crippen LogP contribution in [0.5, 0.6) is 0 Å². The minimum Gasteiger partial charge on any atom is -0.348 e. The van der Waals surface area contributed by atoms with E-state index in [4.69, 9.17) is 18.9 Å². The van der Waals surface area contributed by atoms with Crippen molar-refractivity contribution in [3.8, 4) is 0 Å². The zero-order chi connectivity index (χ0) is 11.5. The first kappa shape index (κ1) is 10.7. The van der Waals surface area contributed by atoms with Crippen LogP contribution in [0.3, 0.4) is 0 Å². The predicted molar refractivity (Wildman–Crippen MR) is 59.3 cm³/mol. The van der Waals surface area contributed by atoms with E-state index < -0.39 is 0 Å². The molecule has 0 aromatic rings. The fraction of sp³-hybridized carbons (Fsp3) is 1.00. The average molecular weight is 240 g/mol. The lowest BCUT2D eigenvalue weighted by atomic mass is 9.83. The molecule has 2 aliphatic heterocycles. The highest BCUT2D eigenvalue weighted by Crippen LogP contribution is 2.57. The van der Waals surface area contributed by atoms with E-state index in [0.29, 0.717) is 11.8 Å². The van der Waals surface area contributed by atoms with Gasteiger partial charge in [-0.25, -0.2) is 0 Å². The van der Waals surface area contributed by atoms with Crippen molar-refractivity contribution >= 4 is 0 Å². The van der Waals surface area contributed by atoms with Crippen LogP contribution in [0.25, 0.3) is 0 Å². The summed E-state index contributed by atoms with van der Waals surface area (Å²) < 4.78 is 23.8. The van der Waals surface area contributed by atoms with E-state index in [1.165, 1.54) is 6.42 Å². The van der Waals surface area contributed by atoms with Gasteiger partial charge in [0, 0.05) is 25.2 Å². The molecule has 17 heavy (non-hydrogen) atoms. The van der Waals surface area contributed by atoms with Crippen LogP contribution in [0.2, 0.25) is 0 Å². The van der Waals surface area contributed by atoms with Gasteiger partial charge in [0.05, 0.1) is 25.9 Å². The minimum atomic E-state index is -0.317. The summed E-state index contributed by atoms with van der Waals surface area (Å²) in [5.41, 5.74) is 0. The number of fused-ring (bicyclic) bond motifs is 3. The van der Waals surface area contributed by atoms with Crippen LogP contribution < -0.4 is 0 Å². The highest BCUT2D eigenvalue weighted by molar-refractivity contribution is 5.02. The fourth-order valence-electron chi connectivity index (χ4n) is 4.25. The molecule has 4 rings (SSSR count). The third kappa shape index (κ3) is 1.51. The lowest BCUT2D eigenvalue weighted by Crippen LogP contribution is -2.42. The molecular weight excluding hydrogens is 220 g/mol. The largest absolute Gasteiger partial charge is 0.348 e. The minimum absolute atomic E-state index is 0.232. The van der Waals surface area contributed by atoms with Crippen LogP contribution in [0, 0.1) is 11.8 Å². The topological polar surface area (TPSA) is 36.9 Å². The zero-order valence-electron chi connectivity index (χ0n) is 10.3. The molecule has 2 heterocycles. The molecule has 2 aliphatic carbocycles. The Morgan fingerprint density at radius 1 is 1.00 bits per heavy atom. The van der Waals surface area contributed by atoms with Gasteiger partial charge in [0.2, 0.25) is 0 Å². The standard InChI is InChI=1S/C13H20O4/c1-9-8-16-13(17-9)6-10-4-11(13)7-12(5-10)14-2-3-15-12/h9-11H,2-8H2,1H3. The quantitative estimate of drug-likeness (QED) is 0.645. The second-order valence-corrected chi connectivity index (χ2v) is 6.07. The van der Waals surface area contributed by atoms with Gasteiger partial charge in [-0.05, 0) is 19.3 Å². The summed E-state index contributed by atoms with van der Waals surface area (Å²) in [5, 5.41) is 0. The maximum atomic E-state index is 6.09. The molecule has 4 aliphatic rings. The summed E-state index contributed by atoms with van der Waals surface area (Å²) in [6.07, 6.45) is 4.43. The molecule has 96 valence electrons. The highest BCUT2D eigenvalue weighted by atomic mass is 16.8. The summed E-state index contributed by atoms with van der Waals surface area (Å²) in [7, 11) is 0. The molecule has 4 heteroatoms. The van der Waals surface area contributed by atoms with E-state index in [-0.39, 0.29) is 17.7 Å². The van der Waals surface area contributed by atoms with Gasteiger partial charge in [-0.1, -0.05) is 0 Å². The van der Waals surface area contributed by atoms with Crippen LogP contribution in [0.4, 0.5) is 0 Å². The first-order valence-electron chi connectivity index (χ1n) is 6.79. The molecule has 2 saturated heterocycles. The van der Waals surface area contributed by atoms with Crippen LogP contribution in [-0.4, -0.2) is 37.5 Å². The number of ether oxygens (including phenoxy) is 4. The number of hydrogen-bond acceptors (Lipinski definition) is 4. The Morgan fingerprint density at radius 3 is 2.53 bits per heavy atom. The molecular formula is C13H20O4. The number of rotatable bonds is 0. The Morgan fingerprint density at radius 2 is 1.82 bits per heavy atom. The Hall–Kier alpha value is -0.160. The van der Waals surface area contributed by atoms with Gasteiger partial charge in [0.1, 0.15) is 0 Å². The van der Waals surface area contributed by atoms with Crippen molar-refractivity contribution in [1.29, 1.82) is 0 Å². The van der Waals surface area contributed by atoms with Crippen LogP contribution in [-0.2, 0) is 18.9 Å². The van der Waals surface area contributed by atoms with Gasteiger partial charge < -0.3 is 18.9 Å². The van der Waals surface area contributed by atoms with Crippen molar-refractivity contribution in [1.82, 2.24) is 0 Å². The Kier molecular flexibility index (Phi) is 2.17. The smallest absolute Gasteiger partial charge is 0.172 e. The molecule has 4 fully saturated rings. The van der Waals surface area contributed by atoms with Crippen molar-refractivity contribution in [2.24, 2.45) is 11.8 Å². The van der Waals surface area contributed by atoms with Crippen molar-refractivity contribution in [3.05, 3.63) is 0 Å². The van der Waals surface area contributed by atoms with Crippen LogP contribution in [0.1, 0.15) is 32.6 Å². The third-order valence-electron chi connectivity index (χ3n) is 4.75. The maximum Gasteiger partial charge on any atom is 0.172 e. The van der Waals surface area contributed by atoms with Gasteiger partial charge in [-0.3, -0.25) is 0 Å². The van der Waals surface area contributed by atoms with Crippen LogP contribution in [0.15, 0.2) is 0 Å². The van der Waals surface area contributed by atoms with Gasteiger partial charge in [-0.2, -0.15) is 0 Å². The third-order valence-corrected chi connectivity index (χ3v) is 4.75. The molecule has 0 amide bonds. The van der Waals surface area contributed by atoms with E-state index in [1.807, 2.05) is 0 Å². The van der Waals surface area contributed by atoms with E-state index in [1.54, 1.807) is 0 Å². The Balaban J connectivity index is 1.60. The summed E-state index contributed by atoms with van der Waals surface area (Å²) >= 11 is 0. The molecule has 2 saturated carbocycles. The highest BCUT2D eigenvalue weighted by Gasteiger charge is 2.61. The van der Waals surface area contributed by atoms with E-state index in [0.717, 1.165) is 39.1 Å². The second-order valence-electron chi connectivity index (χ2n) is 6.07. The summed E-state index contributed by atoms with van der Waals surface area (Å²) in [6.45, 7) is 4.31. The summed E-state index contributed by atoms with van der Waals surface area (Å²) in [6, 6.07) is 0. The molecule has 0 aromatic heterocycles. The Bertz CT molecular complexity index is 325. The van der Waals surface area contributed by atoms with E-state index in [2.05, 4.69) is 6.92 Å². The lowest BCUT2D eigenvalue weighted by molar-refractivity contribution is -0.225. The van der Waals surface area contributed by atoms with Gasteiger partial charge in [0.15, 0.2) is 11.6 Å². The molecule has 2 bridgehead atoms. The van der Waals surface area contributed by atoms with Crippen molar-refractivity contribution in [3.63, 3.8) is 0 Å². The lowest BCUT2D eigenvalue weighted by Gasteiger charge is -2.37. The van der Waals surface area contributed by atoms with E-state index in [9.17, 15) is 0 Å². The summed E-state index contributed by atoms with van der Waals surface area (Å²) in [4.78, 5) is 0. The fourth-order valence-corrected chi connectivity index (χ4v) is 4.25. The number of hydrogen-bond donors (Lipinski definition) is 0. The molecule has 0 aromatic carbocycles. The maximum absolute atomic E-state index is 6.09. The molecule has 4 atom stereocenters. The van der Waals surface area contributed by atoms with Crippen molar-refractivity contribution in [2.75, 3.05) is 19.8 Å². The second kappa shape index (κ2) is 3.44. The normalized spacial score (nSPS) is 51.7. The first-order chi connectivity index (χ1) is 8.20. The van der Waals surface area contributed by atoms with Crippen molar-refractivity contribution in [2.45, 2.75) is 50.3 Å². The Labute approximate surface area is 102 Å². The zero-order valence-corrected chi connectivity index (χ0v) is 10.3. The van der Waals surface area contributed by atoms with Gasteiger partial charge in [-0.15, -0.1) is 0 Å². The van der Waals surface area contributed by atoms with Gasteiger partial charge >= 0.3 is 0 Å². The monoisotopic (exact) mass is 240 g/mol. The average Bonchev–Trinajstić information content (AvgIpc) is 2.92. The van der Waals surface area contributed by atoms with Gasteiger partial charge in [0.25, 0.3) is 0 Å². The van der Waals surface area contributed by atoms with Crippen LogP contribution >= 0.6 is 0 Å². The SMILES string of the molecule is CC1COC2(CC3CC2CC2(C3)OCCO2)O1. The molecule has 4 nitrogen and oxygen atoms in total. The molecule has 2 spiro atoms. The van der Waals surface area contributed by atoms with Crippen molar-refractivity contribution < 1.29 is 18.9 Å². The molecule has 0 radical (unpaired) electrons. The molecule has 4 unspecified atom stereocenters. The van der Waals surface area contributed by atoms with E-state index >= 15 is 0 Å².